The highest BCUT2D eigenvalue weighted by atomic mass is 16.5. The Kier molecular flexibility index (Phi) is 1.98. The summed E-state index contributed by atoms with van der Waals surface area (Å²) in [5.74, 6) is 4.03. The number of nitrogens with one attached hydrogen (secondary N) is 1. The van der Waals surface area contributed by atoms with Crippen molar-refractivity contribution in [1.29, 1.82) is 0 Å². The zero-order valence-electron chi connectivity index (χ0n) is 10.4. The minimum absolute atomic E-state index is 0.207. The molecule has 0 aromatic heterocycles. The molecule has 3 aliphatic carbocycles. The first-order valence-corrected chi connectivity index (χ1v) is 7.03. The molecule has 17 heavy (non-hydrogen) atoms. The number of hydrogen-bond donors (Lipinski definition) is 1. The van der Waals surface area contributed by atoms with Crippen LogP contribution < -0.4 is 5.32 Å². The molecule has 4 atom stereocenters. The Labute approximate surface area is 102 Å². The van der Waals surface area contributed by atoms with Crippen LogP contribution in [0.15, 0.2) is 0 Å². The van der Waals surface area contributed by atoms with E-state index in [1.807, 2.05) is 0 Å². The third-order valence-corrected chi connectivity index (χ3v) is 5.63. The van der Waals surface area contributed by atoms with Gasteiger partial charge in [0.2, 0.25) is 5.91 Å². The molecule has 2 bridgehead atoms. The predicted molar refractivity (Wildman–Crippen MR) is 63.2 cm³/mol. The summed E-state index contributed by atoms with van der Waals surface area (Å²) in [5.41, 5.74) is 0.207. The van der Waals surface area contributed by atoms with Gasteiger partial charge in [-0.15, -0.1) is 0 Å². The number of carbonyl (C=O) groups is 1. The average Bonchev–Trinajstić information content (AvgIpc) is 2.73. The number of hydrogen-bond acceptors (Lipinski definition) is 2. The summed E-state index contributed by atoms with van der Waals surface area (Å²) in [5, 5.41) is 3.17. The first-order valence-electron chi connectivity index (χ1n) is 7.03. The molecular formula is C14H21NO2. The predicted octanol–water partition coefficient (Wildman–Crippen LogP) is 1.43. The zero-order valence-corrected chi connectivity index (χ0v) is 10.4. The van der Waals surface area contributed by atoms with E-state index in [1.165, 1.54) is 19.3 Å². The average molecular weight is 235 g/mol. The van der Waals surface area contributed by atoms with Crippen LogP contribution >= 0.6 is 0 Å². The molecule has 3 nitrogen and oxygen atoms in total. The van der Waals surface area contributed by atoms with E-state index < -0.39 is 0 Å². The number of carbonyl (C=O) groups excluding carboxylic acids is 1. The number of amides is 1. The minimum Gasteiger partial charge on any atom is -0.380 e. The van der Waals surface area contributed by atoms with E-state index >= 15 is 0 Å². The molecule has 4 unspecified atom stereocenters. The van der Waals surface area contributed by atoms with Gasteiger partial charge < -0.3 is 10.1 Å². The topological polar surface area (TPSA) is 38.3 Å². The molecular weight excluding hydrogens is 214 g/mol. The number of ether oxygens (including phenoxy) is 1. The summed E-state index contributed by atoms with van der Waals surface area (Å²) in [6.07, 6.45) is 4.20. The van der Waals surface area contributed by atoms with Crippen LogP contribution in [0.3, 0.4) is 0 Å². The summed E-state index contributed by atoms with van der Waals surface area (Å²) in [6.45, 7) is 4.59. The van der Waals surface area contributed by atoms with Gasteiger partial charge in [-0.1, -0.05) is 6.92 Å². The van der Waals surface area contributed by atoms with Crippen molar-refractivity contribution in [3.8, 4) is 0 Å². The molecule has 1 heterocycles. The van der Waals surface area contributed by atoms with Crippen molar-refractivity contribution < 1.29 is 9.53 Å². The Morgan fingerprint density at radius 3 is 2.47 bits per heavy atom. The van der Waals surface area contributed by atoms with Gasteiger partial charge in [-0.2, -0.15) is 0 Å². The lowest BCUT2D eigenvalue weighted by Gasteiger charge is -2.38. The van der Waals surface area contributed by atoms with Crippen molar-refractivity contribution in [2.75, 3.05) is 19.8 Å². The monoisotopic (exact) mass is 235 g/mol. The quantitative estimate of drug-likeness (QED) is 0.803. The molecule has 0 spiro atoms. The minimum atomic E-state index is 0.207. The highest BCUT2D eigenvalue weighted by Crippen LogP contribution is 2.69. The van der Waals surface area contributed by atoms with Crippen LogP contribution in [-0.2, 0) is 9.53 Å². The molecule has 1 saturated heterocycles. The highest BCUT2D eigenvalue weighted by Gasteiger charge is 2.67. The fourth-order valence-electron chi connectivity index (χ4n) is 4.65. The van der Waals surface area contributed by atoms with Crippen molar-refractivity contribution in [2.45, 2.75) is 26.2 Å². The molecule has 4 aliphatic rings. The van der Waals surface area contributed by atoms with E-state index in [-0.39, 0.29) is 5.41 Å². The molecule has 94 valence electrons. The van der Waals surface area contributed by atoms with Crippen LogP contribution in [0.2, 0.25) is 0 Å². The maximum absolute atomic E-state index is 12.2. The SMILES string of the molecule is CC1(CNC(=O)C2C3C4CCC(C4)C23)COC1. The van der Waals surface area contributed by atoms with Crippen LogP contribution in [0.4, 0.5) is 0 Å². The summed E-state index contributed by atoms with van der Waals surface area (Å²) >= 11 is 0. The molecule has 3 heteroatoms. The van der Waals surface area contributed by atoms with Crippen LogP contribution in [0.5, 0.6) is 0 Å². The molecule has 4 rings (SSSR count). The van der Waals surface area contributed by atoms with E-state index in [4.69, 9.17) is 4.74 Å². The highest BCUT2D eigenvalue weighted by molar-refractivity contribution is 5.82. The third kappa shape index (κ3) is 1.41. The van der Waals surface area contributed by atoms with Crippen molar-refractivity contribution in [2.24, 2.45) is 35.0 Å². The second-order valence-corrected chi connectivity index (χ2v) is 7.03. The Balaban J connectivity index is 1.34. The third-order valence-electron chi connectivity index (χ3n) is 5.63. The van der Waals surface area contributed by atoms with Gasteiger partial charge in [0.05, 0.1) is 13.2 Å². The van der Waals surface area contributed by atoms with E-state index in [0.717, 1.165) is 43.4 Å². The Morgan fingerprint density at radius 2 is 1.94 bits per heavy atom. The first kappa shape index (κ1) is 10.4. The molecule has 0 aromatic rings. The largest absolute Gasteiger partial charge is 0.380 e. The lowest BCUT2D eigenvalue weighted by molar-refractivity contribution is -0.128. The van der Waals surface area contributed by atoms with Crippen molar-refractivity contribution in [3.63, 3.8) is 0 Å². The van der Waals surface area contributed by atoms with Gasteiger partial charge in [0.25, 0.3) is 0 Å². The maximum Gasteiger partial charge on any atom is 0.223 e. The second-order valence-electron chi connectivity index (χ2n) is 7.03. The van der Waals surface area contributed by atoms with Crippen molar-refractivity contribution in [3.05, 3.63) is 0 Å². The van der Waals surface area contributed by atoms with Crippen molar-refractivity contribution >= 4 is 5.91 Å². The zero-order chi connectivity index (χ0) is 11.6. The van der Waals surface area contributed by atoms with Crippen molar-refractivity contribution in [1.82, 2.24) is 5.32 Å². The lowest BCUT2D eigenvalue weighted by Crippen LogP contribution is -2.49. The summed E-state index contributed by atoms with van der Waals surface area (Å²) < 4.78 is 5.21. The van der Waals surface area contributed by atoms with Crippen LogP contribution in [0.1, 0.15) is 26.2 Å². The number of rotatable bonds is 3. The Morgan fingerprint density at radius 1 is 1.29 bits per heavy atom. The van der Waals surface area contributed by atoms with Gasteiger partial charge >= 0.3 is 0 Å². The fourth-order valence-corrected chi connectivity index (χ4v) is 4.65. The molecule has 1 amide bonds. The van der Waals surface area contributed by atoms with Gasteiger partial charge in [0.15, 0.2) is 0 Å². The maximum atomic E-state index is 12.2. The van der Waals surface area contributed by atoms with Gasteiger partial charge in [-0.3, -0.25) is 4.79 Å². The fraction of sp³-hybridized carbons (Fsp3) is 0.929. The number of fused-ring (bicyclic) bond motifs is 5. The Bertz CT molecular complexity index is 347. The van der Waals surface area contributed by atoms with Gasteiger partial charge in [0, 0.05) is 17.9 Å². The first-order chi connectivity index (χ1) is 8.18. The molecule has 0 aromatic carbocycles. The van der Waals surface area contributed by atoms with Gasteiger partial charge in [-0.25, -0.2) is 0 Å². The summed E-state index contributed by atoms with van der Waals surface area (Å²) in [6, 6.07) is 0. The van der Waals surface area contributed by atoms with E-state index in [2.05, 4.69) is 12.2 Å². The van der Waals surface area contributed by atoms with E-state index in [0.29, 0.717) is 11.8 Å². The smallest absolute Gasteiger partial charge is 0.223 e. The molecule has 1 aliphatic heterocycles. The van der Waals surface area contributed by atoms with Gasteiger partial charge in [0.1, 0.15) is 0 Å². The standard InChI is InChI=1S/C14H21NO2/c1-14(6-17-7-14)5-15-13(16)12-10-8-2-3-9(4-8)11(10)12/h8-12H,2-7H2,1H3,(H,15,16). The van der Waals surface area contributed by atoms with Crippen LogP contribution in [0, 0.1) is 35.0 Å². The molecule has 1 N–H and O–H groups in total. The normalized spacial score (nSPS) is 48.4. The van der Waals surface area contributed by atoms with E-state index in [1.54, 1.807) is 0 Å². The van der Waals surface area contributed by atoms with E-state index in [9.17, 15) is 4.79 Å². The van der Waals surface area contributed by atoms with Crippen LogP contribution in [-0.4, -0.2) is 25.7 Å². The van der Waals surface area contributed by atoms with Gasteiger partial charge in [-0.05, 0) is 42.9 Å². The summed E-state index contributed by atoms with van der Waals surface area (Å²) in [4.78, 5) is 12.2. The summed E-state index contributed by atoms with van der Waals surface area (Å²) in [7, 11) is 0. The second kappa shape index (κ2) is 3.25. The van der Waals surface area contributed by atoms with Crippen LogP contribution in [0.25, 0.3) is 0 Å². The Hall–Kier alpha value is -0.570. The lowest BCUT2D eigenvalue weighted by atomic mass is 9.88. The molecule has 3 saturated carbocycles. The molecule has 0 radical (unpaired) electrons. The molecule has 4 fully saturated rings.